The fourth-order valence-corrected chi connectivity index (χ4v) is 2.96. The maximum Gasteiger partial charge on any atom is 0.201 e. The molecule has 0 amide bonds. The zero-order chi connectivity index (χ0) is 11.5. The van der Waals surface area contributed by atoms with Gasteiger partial charge in [0.25, 0.3) is 0 Å². The lowest BCUT2D eigenvalue weighted by Crippen LogP contribution is -2.32. The van der Waals surface area contributed by atoms with Crippen molar-refractivity contribution in [2.45, 2.75) is 12.8 Å². The van der Waals surface area contributed by atoms with Gasteiger partial charge < -0.3 is 10.1 Å². The highest BCUT2D eigenvalue weighted by atomic mass is 32.1. The third-order valence-corrected chi connectivity index (χ3v) is 3.99. The predicted octanol–water partition coefficient (Wildman–Crippen LogP) is 2.67. The molecule has 1 aromatic carbocycles. The predicted molar refractivity (Wildman–Crippen MR) is 70.7 cm³/mol. The van der Waals surface area contributed by atoms with Crippen LogP contribution >= 0.6 is 11.5 Å². The highest BCUT2D eigenvalue weighted by Gasteiger charge is 2.15. The van der Waals surface area contributed by atoms with E-state index < -0.39 is 0 Å². The quantitative estimate of drug-likeness (QED) is 0.906. The first-order chi connectivity index (χ1) is 8.43. The van der Waals surface area contributed by atoms with Crippen molar-refractivity contribution in [3.8, 4) is 5.06 Å². The summed E-state index contributed by atoms with van der Waals surface area (Å²) in [5.41, 5.74) is 1.04. The minimum Gasteiger partial charge on any atom is -0.482 e. The average molecular weight is 248 g/mol. The Labute approximate surface area is 105 Å². The summed E-state index contributed by atoms with van der Waals surface area (Å²) in [6, 6.07) is 8.15. The molecule has 1 aliphatic rings. The Morgan fingerprint density at radius 1 is 1.41 bits per heavy atom. The van der Waals surface area contributed by atoms with Gasteiger partial charge in [-0.25, -0.2) is 0 Å². The van der Waals surface area contributed by atoms with Gasteiger partial charge >= 0.3 is 0 Å². The van der Waals surface area contributed by atoms with E-state index in [9.17, 15) is 0 Å². The summed E-state index contributed by atoms with van der Waals surface area (Å²) in [7, 11) is 0. The van der Waals surface area contributed by atoms with Crippen molar-refractivity contribution in [2.75, 3.05) is 19.7 Å². The molecular formula is C13H16N2OS. The SMILES string of the molecule is c1ccc2c(OCC3CCCNC3)snc2c1. The molecule has 3 rings (SSSR count). The maximum absolute atomic E-state index is 5.91. The van der Waals surface area contributed by atoms with Crippen molar-refractivity contribution < 1.29 is 4.74 Å². The van der Waals surface area contributed by atoms with Crippen molar-refractivity contribution in [2.24, 2.45) is 5.92 Å². The first kappa shape index (κ1) is 11.0. The Balaban J connectivity index is 1.68. The van der Waals surface area contributed by atoms with Crippen LogP contribution < -0.4 is 10.1 Å². The standard InChI is InChI=1S/C13H16N2OS/c1-2-6-12-11(5-1)13(17-15-12)16-9-10-4-3-7-14-8-10/h1-2,5-6,10,14H,3-4,7-9H2. The van der Waals surface area contributed by atoms with Crippen LogP contribution in [0.15, 0.2) is 24.3 Å². The summed E-state index contributed by atoms with van der Waals surface area (Å²) in [4.78, 5) is 0. The summed E-state index contributed by atoms with van der Waals surface area (Å²) in [5.74, 6) is 0.643. The second-order valence-electron chi connectivity index (χ2n) is 4.51. The topological polar surface area (TPSA) is 34.1 Å². The minimum atomic E-state index is 0.643. The Morgan fingerprint density at radius 3 is 3.24 bits per heavy atom. The van der Waals surface area contributed by atoms with Gasteiger partial charge in [-0.05, 0) is 31.5 Å². The maximum atomic E-state index is 5.91. The number of hydrogen-bond acceptors (Lipinski definition) is 4. The molecule has 0 saturated carbocycles. The summed E-state index contributed by atoms with van der Waals surface area (Å²) in [6.07, 6.45) is 2.53. The van der Waals surface area contributed by atoms with Crippen LogP contribution in [-0.2, 0) is 0 Å². The summed E-state index contributed by atoms with van der Waals surface area (Å²) < 4.78 is 10.3. The van der Waals surface area contributed by atoms with E-state index in [2.05, 4.69) is 15.8 Å². The lowest BCUT2D eigenvalue weighted by molar-refractivity contribution is 0.225. The molecule has 1 aromatic heterocycles. The van der Waals surface area contributed by atoms with E-state index >= 15 is 0 Å². The number of ether oxygens (including phenoxy) is 1. The van der Waals surface area contributed by atoms with Crippen molar-refractivity contribution in [3.05, 3.63) is 24.3 Å². The van der Waals surface area contributed by atoms with Crippen LogP contribution in [0.4, 0.5) is 0 Å². The molecule has 0 spiro atoms. The molecular weight excluding hydrogens is 232 g/mol. The summed E-state index contributed by atoms with van der Waals surface area (Å²) >= 11 is 1.46. The highest BCUT2D eigenvalue weighted by Crippen LogP contribution is 2.30. The molecule has 4 heteroatoms. The van der Waals surface area contributed by atoms with Crippen LogP contribution in [0.25, 0.3) is 10.9 Å². The monoisotopic (exact) mass is 248 g/mol. The van der Waals surface area contributed by atoms with Crippen molar-refractivity contribution in [1.29, 1.82) is 0 Å². The smallest absolute Gasteiger partial charge is 0.201 e. The number of aromatic nitrogens is 1. The summed E-state index contributed by atoms with van der Waals surface area (Å²) in [6.45, 7) is 3.04. The zero-order valence-corrected chi connectivity index (χ0v) is 10.5. The third kappa shape index (κ3) is 2.42. The molecule has 1 N–H and O–H groups in total. The Morgan fingerprint density at radius 2 is 2.35 bits per heavy atom. The van der Waals surface area contributed by atoms with Crippen molar-refractivity contribution >= 4 is 22.4 Å². The number of benzene rings is 1. The van der Waals surface area contributed by atoms with E-state index in [1.54, 1.807) is 0 Å². The molecule has 1 saturated heterocycles. The van der Waals surface area contributed by atoms with Gasteiger partial charge in [-0.1, -0.05) is 12.1 Å². The van der Waals surface area contributed by atoms with Gasteiger partial charge in [-0.3, -0.25) is 0 Å². The van der Waals surface area contributed by atoms with Crippen molar-refractivity contribution in [3.63, 3.8) is 0 Å². The Bertz CT molecular complexity index is 491. The van der Waals surface area contributed by atoms with E-state index in [4.69, 9.17) is 4.74 Å². The number of nitrogens with zero attached hydrogens (tertiary/aromatic N) is 1. The van der Waals surface area contributed by atoms with Gasteiger partial charge in [0.15, 0.2) is 0 Å². The fraction of sp³-hybridized carbons (Fsp3) is 0.462. The Kier molecular flexibility index (Phi) is 3.25. The molecule has 1 aliphatic heterocycles. The largest absolute Gasteiger partial charge is 0.482 e. The molecule has 3 nitrogen and oxygen atoms in total. The molecule has 1 fully saturated rings. The number of hydrogen-bond donors (Lipinski definition) is 1. The van der Waals surface area contributed by atoms with Gasteiger partial charge in [-0.15, -0.1) is 0 Å². The normalized spacial score (nSPS) is 20.6. The molecule has 0 aliphatic carbocycles. The molecule has 0 radical (unpaired) electrons. The molecule has 1 unspecified atom stereocenters. The van der Waals surface area contributed by atoms with E-state index in [1.165, 1.54) is 24.4 Å². The molecule has 90 valence electrons. The molecule has 2 heterocycles. The van der Waals surface area contributed by atoms with Gasteiger partial charge in [0, 0.05) is 24.0 Å². The van der Waals surface area contributed by atoms with Crippen LogP contribution in [0.2, 0.25) is 0 Å². The number of piperidine rings is 1. The molecule has 1 atom stereocenters. The zero-order valence-electron chi connectivity index (χ0n) is 9.69. The van der Waals surface area contributed by atoms with Crippen LogP contribution in [0, 0.1) is 5.92 Å². The van der Waals surface area contributed by atoms with Crippen LogP contribution in [0.3, 0.4) is 0 Å². The van der Waals surface area contributed by atoms with E-state index in [0.29, 0.717) is 5.92 Å². The van der Waals surface area contributed by atoms with E-state index in [1.807, 2.05) is 18.2 Å². The van der Waals surface area contributed by atoms with Gasteiger partial charge in [-0.2, -0.15) is 4.37 Å². The Hall–Kier alpha value is -1.13. The van der Waals surface area contributed by atoms with Crippen molar-refractivity contribution in [1.82, 2.24) is 9.69 Å². The van der Waals surface area contributed by atoms with Crippen LogP contribution in [-0.4, -0.2) is 24.1 Å². The lowest BCUT2D eigenvalue weighted by atomic mass is 10.0. The molecule has 2 aromatic rings. The average Bonchev–Trinajstić information content (AvgIpc) is 2.81. The highest BCUT2D eigenvalue weighted by molar-refractivity contribution is 7.09. The molecule has 17 heavy (non-hydrogen) atoms. The van der Waals surface area contributed by atoms with Crippen LogP contribution in [0.5, 0.6) is 5.06 Å². The number of fused-ring (bicyclic) bond motifs is 1. The first-order valence-electron chi connectivity index (χ1n) is 6.11. The molecule has 0 bridgehead atoms. The lowest BCUT2D eigenvalue weighted by Gasteiger charge is -2.22. The minimum absolute atomic E-state index is 0.643. The number of rotatable bonds is 3. The summed E-state index contributed by atoms with van der Waals surface area (Å²) in [5, 5.41) is 5.51. The second kappa shape index (κ2) is 5.02. The van der Waals surface area contributed by atoms with E-state index in [0.717, 1.165) is 35.7 Å². The third-order valence-electron chi connectivity index (χ3n) is 3.20. The first-order valence-corrected chi connectivity index (χ1v) is 6.89. The fourth-order valence-electron chi connectivity index (χ4n) is 2.23. The van der Waals surface area contributed by atoms with Crippen LogP contribution in [0.1, 0.15) is 12.8 Å². The van der Waals surface area contributed by atoms with E-state index in [-0.39, 0.29) is 0 Å². The van der Waals surface area contributed by atoms with Gasteiger partial charge in [0.2, 0.25) is 5.06 Å². The number of nitrogens with one attached hydrogen (secondary N) is 1. The van der Waals surface area contributed by atoms with Gasteiger partial charge in [0.05, 0.1) is 17.5 Å². The van der Waals surface area contributed by atoms with Gasteiger partial charge in [0.1, 0.15) is 0 Å². The second-order valence-corrected chi connectivity index (χ2v) is 5.25.